The van der Waals surface area contributed by atoms with Crippen LogP contribution < -0.4 is 9.64 Å². The summed E-state index contributed by atoms with van der Waals surface area (Å²) in [7, 11) is 1.96. The Morgan fingerprint density at radius 2 is 1.81 bits per heavy atom. The number of fused-ring (bicyclic) bond motifs is 2. The number of carbonyl (C=O) groups excluding carboxylic acids is 1. The van der Waals surface area contributed by atoms with Gasteiger partial charge < -0.3 is 19.8 Å². The Balaban J connectivity index is 1.84. The molecule has 26 heavy (non-hydrogen) atoms. The third-order valence-electron chi connectivity index (χ3n) is 4.59. The summed E-state index contributed by atoms with van der Waals surface area (Å²) in [6.07, 6.45) is 6.49. The molecular formula is C21H17NO4. The number of rotatable bonds is 2. The second-order valence-electron chi connectivity index (χ2n) is 6.13. The maximum absolute atomic E-state index is 13.0. The monoisotopic (exact) mass is 347 g/mol. The lowest BCUT2D eigenvalue weighted by molar-refractivity contribution is -0.128. The molecule has 0 fully saturated rings. The molecule has 2 aromatic rings. The van der Waals surface area contributed by atoms with Crippen molar-refractivity contribution in [3.05, 3.63) is 77.5 Å². The maximum Gasteiger partial charge on any atom is 0.344 e. The van der Waals surface area contributed by atoms with Crippen LogP contribution in [0, 0.1) is 0 Å². The molecule has 0 aromatic heterocycles. The van der Waals surface area contributed by atoms with Crippen molar-refractivity contribution in [3.8, 4) is 17.2 Å². The largest absolute Gasteiger partial charge is 0.504 e. The minimum atomic E-state index is -0.612. The van der Waals surface area contributed by atoms with Crippen LogP contribution in [0.4, 0.5) is 5.69 Å². The summed E-state index contributed by atoms with van der Waals surface area (Å²) in [6, 6.07) is 11.8. The van der Waals surface area contributed by atoms with E-state index in [0.717, 1.165) is 22.5 Å². The third-order valence-corrected chi connectivity index (χ3v) is 4.59. The molecule has 0 radical (unpaired) electrons. The molecule has 4 rings (SSSR count). The minimum absolute atomic E-state index is 0.237. The molecule has 0 saturated heterocycles. The molecular weight excluding hydrogens is 330 g/mol. The van der Waals surface area contributed by atoms with Gasteiger partial charge in [0.15, 0.2) is 11.5 Å². The lowest BCUT2D eigenvalue weighted by Crippen LogP contribution is -2.27. The van der Waals surface area contributed by atoms with Crippen LogP contribution >= 0.6 is 0 Å². The first-order chi connectivity index (χ1) is 12.6. The average Bonchev–Trinajstić information content (AvgIpc) is 2.65. The number of phenols is 2. The fourth-order valence-corrected chi connectivity index (χ4v) is 3.36. The van der Waals surface area contributed by atoms with Crippen LogP contribution in [-0.2, 0) is 4.79 Å². The summed E-state index contributed by atoms with van der Waals surface area (Å²) in [5.41, 5.74) is 3.88. The van der Waals surface area contributed by atoms with Gasteiger partial charge in [0.05, 0.1) is 5.57 Å². The van der Waals surface area contributed by atoms with Gasteiger partial charge in [-0.25, -0.2) is 4.79 Å². The number of hydrogen-bond donors (Lipinski definition) is 2. The van der Waals surface area contributed by atoms with E-state index in [9.17, 15) is 15.0 Å². The Hall–Kier alpha value is -3.47. The van der Waals surface area contributed by atoms with Crippen molar-refractivity contribution in [2.75, 3.05) is 11.9 Å². The van der Waals surface area contributed by atoms with Gasteiger partial charge in [-0.15, -0.1) is 0 Å². The Labute approximate surface area is 150 Å². The van der Waals surface area contributed by atoms with Gasteiger partial charge in [0.1, 0.15) is 0 Å². The summed E-state index contributed by atoms with van der Waals surface area (Å²) < 4.78 is 5.39. The highest BCUT2D eigenvalue weighted by molar-refractivity contribution is 6.22. The van der Waals surface area contributed by atoms with Crippen LogP contribution in [0.15, 0.2) is 72.0 Å². The number of nitrogens with zero attached hydrogens (tertiary/aromatic N) is 1. The number of allylic oxidation sites excluding steroid dienone is 4. The maximum atomic E-state index is 13.0. The zero-order valence-corrected chi connectivity index (χ0v) is 14.1. The zero-order chi connectivity index (χ0) is 18.3. The van der Waals surface area contributed by atoms with Crippen LogP contribution in [-0.4, -0.2) is 23.2 Å². The highest BCUT2D eigenvalue weighted by Crippen LogP contribution is 2.43. The van der Waals surface area contributed by atoms with Crippen LogP contribution in [0.1, 0.15) is 12.0 Å². The Morgan fingerprint density at radius 3 is 2.58 bits per heavy atom. The predicted molar refractivity (Wildman–Crippen MR) is 99.0 cm³/mol. The Kier molecular flexibility index (Phi) is 3.77. The second-order valence-corrected chi connectivity index (χ2v) is 6.13. The van der Waals surface area contributed by atoms with Crippen LogP contribution in [0.2, 0.25) is 0 Å². The number of esters is 1. The van der Waals surface area contributed by atoms with E-state index < -0.39 is 5.97 Å². The summed E-state index contributed by atoms with van der Waals surface area (Å²) in [5.74, 6) is -1.42. The van der Waals surface area contributed by atoms with E-state index in [4.69, 9.17) is 4.74 Å². The highest BCUT2D eigenvalue weighted by atomic mass is 16.5. The fourth-order valence-electron chi connectivity index (χ4n) is 3.36. The van der Waals surface area contributed by atoms with Gasteiger partial charge in [0.2, 0.25) is 5.75 Å². The van der Waals surface area contributed by atoms with Crippen molar-refractivity contribution in [2.45, 2.75) is 6.42 Å². The number of aromatic hydroxyl groups is 2. The van der Waals surface area contributed by atoms with Gasteiger partial charge in [0, 0.05) is 24.0 Å². The van der Waals surface area contributed by atoms with E-state index >= 15 is 0 Å². The number of benzene rings is 2. The van der Waals surface area contributed by atoms with Crippen molar-refractivity contribution < 1.29 is 19.7 Å². The zero-order valence-electron chi connectivity index (χ0n) is 14.1. The first kappa shape index (κ1) is 16.0. The Morgan fingerprint density at radius 1 is 1.08 bits per heavy atom. The highest BCUT2D eigenvalue weighted by Gasteiger charge is 2.32. The van der Waals surface area contributed by atoms with E-state index in [1.54, 1.807) is 0 Å². The molecule has 1 aliphatic heterocycles. The lowest BCUT2D eigenvalue weighted by atomic mass is 9.87. The molecule has 0 bridgehead atoms. The summed E-state index contributed by atoms with van der Waals surface area (Å²) in [5, 5.41) is 19.8. The van der Waals surface area contributed by atoms with Gasteiger partial charge in [0.25, 0.3) is 0 Å². The van der Waals surface area contributed by atoms with E-state index in [-0.39, 0.29) is 17.2 Å². The number of phenolic OH excluding ortho intramolecular Hbond substituents is 2. The van der Waals surface area contributed by atoms with E-state index in [1.165, 1.54) is 18.2 Å². The second kappa shape index (κ2) is 6.11. The van der Waals surface area contributed by atoms with Gasteiger partial charge in [-0.1, -0.05) is 36.4 Å². The van der Waals surface area contributed by atoms with Crippen molar-refractivity contribution in [2.24, 2.45) is 0 Å². The summed E-state index contributed by atoms with van der Waals surface area (Å²) >= 11 is 0. The average molecular weight is 347 g/mol. The lowest BCUT2D eigenvalue weighted by Gasteiger charge is -2.34. The third kappa shape index (κ3) is 2.45. The minimum Gasteiger partial charge on any atom is -0.504 e. The van der Waals surface area contributed by atoms with Gasteiger partial charge in [-0.05, 0) is 36.3 Å². The summed E-state index contributed by atoms with van der Waals surface area (Å²) in [4.78, 5) is 15.1. The number of ether oxygens (including phenoxy) is 1. The molecule has 0 unspecified atom stereocenters. The summed E-state index contributed by atoms with van der Waals surface area (Å²) in [6.45, 7) is 0. The molecule has 5 heteroatoms. The Bertz CT molecular complexity index is 981. The standard InChI is InChI=1S/C21H17NO4/c1-22-15-9-4-2-7-13(15)19(14-8-3-5-10-16(14)22)21(25)26-20-17(23)11-6-12-18(20)24/h2-7,9-12,23-24H,8H2,1H3. The molecule has 2 aliphatic rings. The van der Waals surface area contributed by atoms with E-state index in [0.29, 0.717) is 12.0 Å². The topological polar surface area (TPSA) is 70.0 Å². The number of para-hydroxylation sites is 2. The molecule has 0 spiro atoms. The van der Waals surface area contributed by atoms with Crippen molar-refractivity contribution in [1.82, 2.24) is 0 Å². The van der Waals surface area contributed by atoms with Crippen LogP contribution in [0.25, 0.3) is 5.57 Å². The number of anilines is 1. The normalized spacial score (nSPS) is 15.3. The predicted octanol–water partition coefficient (Wildman–Crippen LogP) is 3.75. The molecule has 1 heterocycles. The smallest absolute Gasteiger partial charge is 0.344 e. The number of hydrogen-bond acceptors (Lipinski definition) is 5. The molecule has 0 atom stereocenters. The van der Waals surface area contributed by atoms with E-state index in [2.05, 4.69) is 0 Å². The first-order valence-corrected chi connectivity index (χ1v) is 8.24. The molecule has 5 nitrogen and oxygen atoms in total. The molecule has 2 N–H and O–H groups in total. The van der Waals surface area contributed by atoms with Gasteiger partial charge in [-0.3, -0.25) is 0 Å². The number of likely N-dealkylation sites (N-methyl/N-ethyl adjacent to an activating group) is 1. The molecule has 130 valence electrons. The molecule has 0 amide bonds. The molecule has 2 aromatic carbocycles. The fraction of sp³-hybridized carbons (Fsp3) is 0.0952. The quantitative estimate of drug-likeness (QED) is 0.640. The van der Waals surface area contributed by atoms with Crippen LogP contribution in [0.5, 0.6) is 17.2 Å². The van der Waals surface area contributed by atoms with Gasteiger partial charge in [-0.2, -0.15) is 0 Å². The van der Waals surface area contributed by atoms with Crippen LogP contribution in [0.3, 0.4) is 0 Å². The molecule has 0 saturated carbocycles. The van der Waals surface area contributed by atoms with Crippen molar-refractivity contribution >= 4 is 17.2 Å². The van der Waals surface area contributed by atoms with Crippen molar-refractivity contribution in [1.29, 1.82) is 0 Å². The molecule has 1 aliphatic carbocycles. The SMILES string of the molecule is CN1C2=CC=CCC2=C(C(=O)Oc2c(O)cccc2O)c2ccccc21. The van der Waals surface area contributed by atoms with Crippen molar-refractivity contribution in [3.63, 3.8) is 0 Å². The first-order valence-electron chi connectivity index (χ1n) is 8.24. The van der Waals surface area contributed by atoms with E-state index in [1.807, 2.05) is 54.4 Å². The number of carbonyl (C=O) groups is 1. The van der Waals surface area contributed by atoms with Gasteiger partial charge >= 0.3 is 5.97 Å².